The molecule has 0 bridgehead atoms. The van der Waals surface area contributed by atoms with Gasteiger partial charge in [0, 0.05) is 42.1 Å². The third kappa shape index (κ3) is 5.88. The van der Waals surface area contributed by atoms with E-state index in [1.54, 1.807) is 24.4 Å². The molecule has 7 nitrogen and oxygen atoms in total. The second kappa shape index (κ2) is 11.9. The lowest BCUT2D eigenvalue weighted by Gasteiger charge is -2.33. The van der Waals surface area contributed by atoms with Gasteiger partial charge in [0.15, 0.2) is 0 Å². The van der Waals surface area contributed by atoms with Gasteiger partial charge in [-0.05, 0) is 59.9 Å². The van der Waals surface area contributed by atoms with Crippen LogP contribution >= 0.6 is 0 Å². The normalized spacial score (nSPS) is 14.7. The monoisotopic (exact) mass is 510 g/mol. The van der Waals surface area contributed by atoms with E-state index < -0.39 is 6.04 Å². The van der Waals surface area contributed by atoms with Gasteiger partial charge >= 0.3 is 0 Å². The Kier molecular flexibility index (Phi) is 8.02. The van der Waals surface area contributed by atoms with E-state index in [0.29, 0.717) is 5.75 Å². The van der Waals surface area contributed by atoms with Crippen LogP contribution in [0.15, 0.2) is 79.3 Å². The zero-order valence-corrected chi connectivity index (χ0v) is 21.7. The SMILES string of the molecule is COc1cccc(CN(C(=O)Cc2c[nH]c3ccccc23)[C@H](C(=O)NC2CCCCC2)c2ccncc2)c1. The third-order valence-electron chi connectivity index (χ3n) is 7.36. The molecule has 196 valence electrons. The van der Waals surface area contributed by atoms with Gasteiger partial charge in [-0.15, -0.1) is 0 Å². The van der Waals surface area contributed by atoms with Crippen LogP contribution in [0, 0.1) is 0 Å². The number of hydrogen-bond donors (Lipinski definition) is 2. The fraction of sp³-hybridized carbons (Fsp3) is 0.323. The number of rotatable bonds is 9. The highest BCUT2D eigenvalue weighted by Gasteiger charge is 2.33. The highest BCUT2D eigenvalue weighted by molar-refractivity contribution is 5.92. The molecular weight excluding hydrogens is 476 g/mol. The van der Waals surface area contributed by atoms with Gasteiger partial charge in [0.05, 0.1) is 13.5 Å². The molecule has 2 amide bonds. The van der Waals surface area contributed by atoms with Gasteiger partial charge in [0.1, 0.15) is 11.8 Å². The van der Waals surface area contributed by atoms with Gasteiger partial charge in [0.25, 0.3) is 0 Å². The highest BCUT2D eigenvalue weighted by Crippen LogP contribution is 2.28. The first-order valence-electron chi connectivity index (χ1n) is 13.3. The maximum atomic E-state index is 14.1. The Labute approximate surface area is 223 Å². The van der Waals surface area contributed by atoms with Crippen molar-refractivity contribution in [3.63, 3.8) is 0 Å². The fourth-order valence-corrected chi connectivity index (χ4v) is 5.38. The summed E-state index contributed by atoms with van der Waals surface area (Å²) in [4.78, 5) is 37.2. The summed E-state index contributed by atoms with van der Waals surface area (Å²) in [7, 11) is 1.62. The van der Waals surface area contributed by atoms with Crippen LogP contribution in [0.1, 0.15) is 54.8 Å². The summed E-state index contributed by atoms with van der Waals surface area (Å²) in [6.45, 7) is 0.267. The number of hydrogen-bond acceptors (Lipinski definition) is 4. The van der Waals surface area contributed by atoms with E-state index in [0.717, 1.165) is 53.3 Å². The molecule has 4 aromatic rings. The second-order valence-electron chi connectivity index (χ2n) is 9.94. The van der Waals surface area contributed by atoms with Gasteiger partial charge < -0.3 is 19.9 Å². The zero-order chi connectivity index (χ0) is 26.3. The molecule has 0 radical (unpaired) electrons. The van der Waals surface area contributed by atoms with Crippen molar-refractivity contribution < 1.29 is 14.3 Å². The summed E-state index contributed by atoms with van der Waals surface area (Å²) < 4.78 is 5.43. The Morgan fingerprint density at radius 2 is 1.84 bits per heavy atom. The maximum Gasteiger partial charge on any atom is 0.247 e. The van der Waals surface area contributed by atoms with Crippen molar-refractivity contribution in [3.8, 4) is 5.75 Å². The van der Waals surface area contributed by atoms with Crippen LogP contribution in [-0.4, -0.2) is 39.8 Å². The van der Waals surface area contributed by atoms with E-state index in [-0.39, 0.29) is 30.8 Å². The molecule has 0 unspecified atom stereocenters. The lowest BCUT2D eigenvalue weighted by atomic mass is 9.94. The number of para-hydroxylation sites is 1. The number of ether oxygens (including phenoxy) is 1. The standard InChI is InChI=1S/C31H34N4O3/c1-38-26-11-7-8-22(18-26)21-35(29(36)19-24-20-33-28-13-6-5-12-27(24)28)30(23-14-16-32-17-15-23)31(37)34-25-9-3-2-4-10-25/h5-8,11-18,20,25,30,33H,2-4,9-10,19,21H2,1H3,(H,34,37)/t30-/m0/s1. The number of aromatic nitrogens is 2. The van der Waals surface area contributed by atoms with Crippen LogP contribution in [0.4, 0.5) is 0 Å². The van der Waals surface area contributed by atoms with Crippen molar-refractivity contribution in [1.82, 2.24) is 20.2 Å². The Balaban J connectivity index is 1.51. The molecule has 1 fully saturated rings. The first-order valence-corrected chi connectivity index (χ1v) is 13.3. The number of aromatic amines is 1. The predicted molar refractivity (Wildman–Crippen MR) is 148 cm³/mol. The Bertz CT molecular complexity index is 1380. The van der Waals surface area contributed by atoms with Gasteiger partial charge in [-0.1, -0.05) is 49.6 Å². The number of pyridine rings is 1. The summed E-state index contributed by atoms with van der Waals surface area (Å²) in [5.74, 6) is 0.426. The number of carbonyl (C=O) groups excluding carboxylic acids is 2. The first-order chi connectivity index (χ1) is 18.6. The number of nitrogens with one attached hydrogen (secondary N) is 2. The van der Waals surface area contributed by atoms with Crippen LogP contribution in [-0.2, 0) is 22.6 Å². The average molecular weight is 511 g/mol. The third-order valence-corrected chi connectivity index (χ3v) is 7.36. The smallest absolute Gasteiger partial charge is 0.247 e. The Morgan fingerprint density at radius 1 is 1.05 bits per heavy atom. The molecule has 0 saturated heterocycles. The first kappa shape index (κ1) is 25.5. The summed E-state index contributed by atoms with van der Waals surface area (Å²) >= 11 is 0. The number of nitrogens with zero attached hydrogens (tertiary/aromatic N) is 2. The Hall–Kier alpha value is -4.13. The van der Waals surface area contributed by atoms with Crippen LogP contribution in [0.25, 0.3) is 10.9 Å². The van der Waals surface area contributed by atoms with Crippen molar-refractivity contribution in [2.75, 3.05) is 7.11 Å². The lowest BCUT2D eigenvalue weighted by molar-refractivity contribution is -0.141. The summed E-state index contributed by atoms with van der Waals surface area (Å²) in [5.41, 5.74) is 3.52. The molecule has 2 heterocycles. The summed E-state index contributed by atoms with van der Waals surface area (Å²) in [6, 6.07) is 18.6. The van der Waals surface area contributed by atoms with Gasteiger partial charge in [-0.3, -0.25) is 14.6 Å². The van der Waals surface area contributed by atoms with Crippen LogP contribution < -0.4 is 10.1 Å². The molecule has 38 heavy (non-hydrogen) atoms. The summed E-state index contributed by atoms with van der Waals surface area (Å²) in [6.07, 6.45) is 10.7. The number of amides is 2. The van der Waals surface area contributed by atoms with Gasteiger partial charge in [0.2, 0.25) is 11.8 Å². The molecule has 2 N–H and O–H groups in total. The van der Waals surface area contributed by atoms with E-state index in [1.807, 2.05) is 66.9 Å². The lowest BCUT2D eigenvalue weighted by Crippen LogP contribution is -2.47. The van der Waals surface area contributed by atoms with E-state index in [1.165, 1.54) is 6.42 Å². The minimum Gasteiger partial charge on any atom is -0.497 e. The minimum absolute atomic E-state index is 0.127. The van der Waals surface area contributed by atoms with Crippen molar-refractivity contribution in [3.05, 3.63) is 95.9 Å². The molecule has 0 spiro atoms. The zero-order valence-electron chi connectivity index (χ0n) is 21.7. The molecule has 7 heteroatoms. The molecule has 2 aromatic carbocycles. The van der Waals surface area contributed by atoms with Crippen molar-refractivity contribution in [2.45, 2.75) is 57.2 Å². The molecular formula is C31H34N4O3. The summed E-state index contributed by atoms with van der Waals surface area (Å²) in [5, 5.41) is 4.27. The maximum absolute atomic E-state index is 14.1. The van der Waals surface area contributed by atoms with E-state index >= 15 is 0 Å². The highest BCUT2D eigenvalue weighted by atomic mass is 16.5. The van der Waals surface area contributed by atoms with Crippen LogP contribution in [0.3, 0.4) is 0 Å². The van der Waals surface area contributed by atoms with E-state index in [4.69, 9.17) is 4.74 Å². The number of methoxy groups -OCH3 is 1. The molecule has 2 aromatic heterocycles. The number of H-pyrrole nitrogens is 1. The quantitative estimate of drug-likeness (QED) is 0.319. The molecule has 1 atom stereocenters. The molecule has 1 aliphatic carbocycles. The number of fused-ring (bicyclic) bond motifs is 1. The Morgan fingerprint density at radius 3 is 2.63 bits per heavy atom. The number of carbonyl (C=O) groups is 2. The second-order valence-corrected chi connectivity index (χ2v) is 9.94. The largest absolute Gasteiger partial charge is 0.497 e. The van der Waals surface area contributed by atoms with Crippen LogP contribution in [0.2, 0.25) is 0 Å². The van der Waals surface area contributed by atoms with Gasteiger partial charge in [-0.25, -0.2) is 0 Å². The molecule has 5 rings (SSSR count). The average Bonchev–Trinajstić information content (AvgIpc) is 3.36. The van der Waals surface area contributed by atoms with Crippen LogP contribution in [0.5, 0.6) is 5.75 Å². The van der Waals surface area contributed by atoms with E-state index in [9.17, 15) is 9.59 Å². The topological polar surface area (TPSA) is 87.3 Å². The molecule has 1 saturated carbocycles. The van der Waals surface area contributed by atoms with Gasteiger partial charge in [-0.2, -0.15) is 0 Å². The minimum atomic E-state index is -0.788. The van der Waals surface area contributed by atoms with E-state index in [2.05, 4.69) is 15.3 Å². The van der Waals surface area contributed by atoms with Crippen molar-refractivity contribution in [2.24, 2.45) is 0 Å². The van der Waals surface area contributed by atoms with Crippen molar-refractivity contribution in [1.29, 1.82) is 0 Å². The molecule has 0 aliphatic heterocycles. The fourth-order valence-electron chi connectivity index (χ4n) is 5.38. The molecule has 1 aliphatic rings. The number of benzene rings is 2. The predicted octanol–water partition coefficient (Wildman–Crippen LogP) is 5.33. The van der Waals surface area contributed by atoms with Crippen molar-refractivity contribution >= 4 is 22.7 Å².